The van der Waals surface area contributed by atoms with Crippen LogP contribution in [0, 0.1) is 0 Å². The highest BCUT2D eigenvalue weighted by molar-refractivity contribution is 5.75. The van der Waals surface area contributed by atoms with E-state index in [-0.39, 0.29) is 13.1 Å². The highest BCUT2D eigenvalue weighted by Gasteiger charge is 2.37. The third-order valence-corrected chi connectivity index (χ3v) is 4.81. The van der Waals surface area contributed by atoms with E-state index in [4.69, 9.17) is 9.47 Å². The van der Waals surface area contributed by atoms with Gasteiger partial charge in [-0.1, -0.05) is 0 Å². The first-order valence-electron chi connectivity index (χ1n) is 9.71. The second-order valence-corrected chi connectivity index (χ2v) is 6.90. The number of methoxy groups -OCH3 is 2. The normalized spacial score (nSPS) is 12.5. The molecule has 0 aliphatic carbocycles. The van der Waals surface area contributed by atoms with E-state index in [0.717, 1.165) is 6.92 Å². The molecule has 12 heteroatoms. The van der Waals surface area contributed by atoms with Gasteiger partial charge in [0.1, 0.15) is 11.8 Å². The summed E-state index contributed by atoms with van der Waals surface area (Å²) in [4.78, 5) is 26.5. The molecule has 1 N–H and O–H groups in total. The van der Waals surface area contributed by atoms with Gasteiger partial charge in [-0.05, 0) is 19.9 Å². The second kappa shape index (κ2) is 9.28. The summed E-state index contributed by atoms with van der Waals surface area (Å²) in [5.74, 6) is 0.740. The van der Waals surface area contributed by atoms with Crippen LogP contribution in [-0.2, 0) is 6.54 Å². The largest absolute Gasteiger partial charge is 0.494 e. The molecular weight excluding hydrogens is 429 g/mol. The lowest BCUT2D eigenvalue weighted by Gasteiger charge is -2.25. The lowest BCUT2D eigenvalue weighted by atomic mass is 10.1. The van der Waals surface area contributed by atoms with Gasteiger partial charge in [0.15, 0.2) is 5.65 Å². The van der Waals surface area contributed by atoms with Crippen molar-refractivity contribution in [3.63, 3.8) is 0 Å². The fourth-order valence-electron chi connectivity index (χ4n) is 2.99. The Balaban J connectivity index is 1.91. The minimum atomic E-state index is -4.53. The van der Waals surface area contributed by atoms with Gasteiger partial charge < -0.3 is 24.1 Å². The Hall–Kier alpha value is -3.57. The number of ether oxygens (including phenoxy) is 2. The average molecular weight is 452 g/mol. The number of aromatic nitrogens is 4. The van der Waals surface area contributed by atoms with E-state index >= 15 is 0 Å². The van der Waals surface area contributed by atoms with Crippen LogP contribution in [0.1, 0.15) is 19.5 Å². The van der Waals surface area contributed by atoms with E-state index < -0.39 is 18.2 Å². The van der Waals surface area contributed by atoms with E-state index in [2.05, 4.69) is 15.0 Å². The van der Waals surface area contributed by atoms with Crippen molar-refractivity contribution in [3.05, 3.63) is 36.5 Å². The zero-order valence-electron chi connectivity index (χ0n) is 18.0. The van der Waals surface area contributed by atoms with Crippen LogP contribution >= 0.6 is 0 Å². The maximum Gasteiger partial charge on any atom is 0.408 e. The van der Waals surface area contributed by atoms with E-state index in [9.17, 15) is 18.0 Å². The average Bonchev–Trinajstić information content (AvgIpc) is 3.24. The molecule has 32 heavy (non-hydrogen) atoms. The molecule has 9 nitrogen and oxygen atoms in total. The minimum absolute atomic E-state index is 0.00560. The zero-order chi connectivity index (χ0) is 23.5. The van der Waals surface area contributed by atoms with Crippen molar-refractivity contribution in [1.29, 1.82) is 0 Å². The Morgan fingerprint density at radius 1 is 1.28 bits per heavy atom. The number of rotatable bonds is 7. The Bertz CT molecular complexity index is 1100. The van der Waals surface area contributed by atoms with Gasteiger partial charge in [0.25, 0.3) is 5.88 Å². The van der Waals surface area contributed by atoms with E-state index in [1.807, 2.05) is 5.32 Å². The number of imidazole rings is 1. The standard InChI is InChI=1S/C20H23F3N6O3/c1-5-28(19(30)26-12(2)20(21,22)23)10-13-8-14(16(31-3)9-25-13)15-11-29-7-6-24-17(29)18(27-15)32-4/h6-9,11-12H,5,10H2,1-4H3,(H,26,30). The topological polar surface area (TPSA) is 93.9 Å². The molecule has 0 spiro atoms. The van der Waals surface area contributed by atoms with Crippen LogP contribution in [0.15, 0.2) is 30.9 Å². The number of alkyl halides is 3. The Morgan fingerprint density at radius 3 is 2.66 bits per heavy atom. The van der Waals surface area contributed by atoms with Crippen LogP contribution in [0.4, 0.5) is 18.0 Å². The SMILES string of the molecule is CCN(Cc1cc(-c2cn3ccnc3c(OC)n2)c(OC)cn1)C(=O)NC(C)C(F)(F)F. The number of nitrogens with zero attached hydrogens (tertiary/aromatic N) is 5. The Labute approximate surface area is 182 Å². The summed E-state index contributed by atoms with van der Waals surface area (Å²) in [7, 11) is 2.97. The number of pyridine rings is 1. The third kappa shape index (κ3) is 4.84. The molecule has 0 saturated carbocycles. The minimum Gasteiger partial charge on any atom is -0.494 e. The van der Waals surface area contributed by atoms with Crippen LogP contribution in [0.2, 0.25) is 0 Å². The van der Waals surface area contributed by atoms with Gasteiger partial charge >= 0.3 is 12.2 Å². The number of carbonyl (C=O) groups excluding carboxylic acids is 1. The fraction of sp³-hybridized carbons (Fsp3) is 0.400. The zero-order valence-corrected chi connectivity index (χ0v) is 18.0. The summed E-state index contributed by atoms with van der Waals surface area (Å²) in [5, 5.41) is 1.96. The van der Waals surface area contributed by atoms with Gasteiger partial charge in [-0.2, -0.15) is 13.2 Å². The molecule has 0 bridgehead atoms. The number of halogens is 3. The van der Waals surface area contributed by atoms with Gasteiger partial charge in [0.2, 0.25) is 0 Å². The van der Waals surface area contributed by atoms with Crippen molar-refractivity contribution in [2.45, 2.75) is 32.6 Å². The molecule has 0 aromatic carbocycles. The number of amides is 2. The fourth-order valence-corrected chi connectivity index (χ4v) is 2.99. The molecule has 0 radical (unpaired) electrons. The first-order chi connectivity index (χ1) is 15.2. The number of urea groups is 1. The maximum absolute atomic E-state index is 12.8. The molecule has 0 saturated heterocycles. The highest BCUT2D eigenvalue weighted by atomic mass is 19.4. The molecule has 3 rings (SSSR count). The quantitative estimate of drug-likeness (QED) is 0.591. The number of nitrogens with one attached hydrogen (secondary N) is 1. The Morgan fingerprint density at radius 2 is 2.03 bits per heavy atom. The maximum atomic E-state index is 12.8. The number of hydrogen-bond acceptors (Lipinski definition) is 6. The van der Waals surface area contributed by atoms with Crippen LogP contribution in [0.3, 0.4) is 0 Å². The molecule has 0 aliphatic heterocycles. The van der Waals surface area contributed by atoms with Gasteiger partial charge in [-0.3, -0.25) is 4.98 Å². The summed E-state index contributed by atoms with van der Waals surface area (Å²) < 4.78 is 50.9. The molecule has 3 heterocycles. The molecule has 172 valence electrons. The molecule has 1 atom stereocenters. The molecular formula is C20H23F3N6O3. The Kier molecular flexibility index (Phi) is 6.70. The van der Waals surface area contributed by atoms with Crippen molar-refractivity contribution in [2.75, 3.05) is 20.8 Å². The van der Waals surface area contributed by atoms with Crippen LogP contribution in [0.25, 0.3) is 16.9 Å². The highest BCUT2D eigenvalue weighted by Crippen LogP contribution is 2.31. The molecule has 1 unspecified atom stereocenters. The van der Waals surface area contributed by atoms with Gasteiger partial charge in [0, 0.05) is 30.7 Å². The second-order valence-electron chi connectivity index (χ2n) is 6.90. The molecule has 3 aromatic heterocycles. The predicted molar refractivity (Wildman–Crippen MR) is 109 cm³/mol. The molecule has 0 aliphatic rings. The molecule has 2 amide bonds. The monoisotopic (exact) mass is 452 g/mol. The molecule has 0 fully saturated rings. The number of hydrogen-bond donors (Lipinski definition) is 1. The summed E-state index contributed by atoms with van der Waals surface area (Å²) in [5.41, 5.74) is 2.07. The number of fused-ring (bicyclic) bond motifs is 1. The van der Waals surface area contributed by atoms with Crippen molar-refractivity contribution in [3.8, 4) is 22.9 Å². The lowest BCUT2D eigenvalue weighted by molar-refractivity contribution is -0.149. The first-order valence-corrected chi connectivity index (χ1v) is 9.71. The van der Waals surface area contributed by atoms with Crippen molar-refractivity contribution < 1.29 is 27.4 Å². The lowest BCUT2D eigenvalue weighted by Crippen LogP contribution is -2.49. The van der Waals surface area contributed by atoms with E-state index in [1.54, 1.807) is 36.0 Å². The summed E-state index contributed by atoms with van der Waals surface area (Å²) in [6, 6.07) is -1.13. The van der Waals surface area contributed by atoms with Crippen LogP contribution in [-0.4, -0.2) is 63.3 Å². The molecule has 3 aromatic rings. The van der Waals surface area contributed by atoms with Crippen molar-refractivity contribution in [1.82, 2.24) is 29.6 Å². The summed E-state index contributed by atoms with van der Waals surface area (Å²) in [6.45, 7) is 2.74. The summed E-state index contributed by atoms with van der Waals surface area (Å²) >= 11 is 0. The van der Waals surface area contributed by atoms with E-state index in [1.165, 1.54) is 25.3 Å². The van der Waals surface area contributed by atoms with Gasteiger partial charge in [-0.15, -0.1) is 0 Å². The van der Waals surface area contributed by atoms with Gasteiger partial charge in [-0.25, -0.2) is 14.8 Å². The third-order valence-electron chi connectivity index (χ3n) is 4.81. The smallest absolute Gasteiger partial charge is 0.408 e. The van der Waals surface area contributed by atoms with E-state index in [0.29, 0.717) is 34.2 Å². The van der Waals surface area contributed by atoms with Crippen molar-refractivity contribution in [2.24, 2.45) is 0 Å². The van der Waals surface area contributed by atoms with Crippen LogP contribution in [0.5, 0.6) is 11.6 Å². The number of carbonyl (C=O) groups is 1. The summed E-state index contributed by atoms with van der Waals surface area (Å²) in [6.07, 6.45) is 2.03. The van der Waals surface area contributed by atoms with Crippen LogP contribution < -0.4 is 14.8 Å². The van der Waals surface area contributed by atoms with Gasteiger partial charge in [0.05, 0.1) is 38.3 Å². The predicted octanol–water partition coefficient (Wildman–Crippen LogP) is 3.29. The first kappa shape index (κ1) is 23.1. The van der Waals surface area contributed by atoms with Crippen molar-refractivity contribution >= 4 is 11.7 Å².